The van der Waals surface area contributed by atoms with Crippen LogP contribution in [-0.4, -0.2) is 34.5 Å². The van der Waals surface area contributed by atoms with Crippen molar-refractivity contribution in [1.82, 2.24) is 9.97 Å². The summed E-state index contributed by atoms with van der Waals surface area (Å²) in [6.45, 7) is 13.2. The lowest BCUT2D eigenvalue weighted by atomic mass is 9.43. The van der Waals surface area contributed by atoms with Crippen LogP contribution < -0.4 is 0 Å². The summed E-state index contributed by atoms with van der Waals surface area (Å²) in [6.07, 6.45) is 3.98. The molecule has 2 unspecified atom stereocenters. The van der Waals surface area contributed by atoms with Gasteiger partial charge in [-0.3, -0.25) is 20.0 Å². The molecule has 4 heteroatoms. The second kappa shape index (κ2) is 9.04. The minimum Gasteiger partial charge on any atom is -0.285 e. The predicted molar refractivity (Wildman–Crippen MR) is 168 cm³/mol. The van der Waals surface area contributed by atoms with Gasteiger partial charge in [-0.15, -0.1) is 0 Å². The Morgan fingerprint density at radius 1 is 0.561 bits per heavy atom. The Labute approximate surface area is 243 Å². The maximum atomic E-state index is 5.35. The number of rotatable bonds is 4. The molecule has 4 nitrogen and oxygen atoms in total. The van der Waals surface area contributed by atoms with Gasteiger partial charge >= 0.3 is 0 Å². The third kappa shape index (κ3) is 3.87. The molecule has 2 heterocycles. The summed E-state index contributed by atoms with van der Waals surface area (Å²) < 4.78 is 0. The minimum absolute atomic E-state index is 0.00411. The maximum absolute atomic E-state index is 5.35. The van der Waals surface area contributed by atoms with Gasteiger partial charge in [0.2, 0.25) is 0 Å². The van der Waals surface area contributed by atoms with E-state index >= 15 is 0 Å². The Morgan fingerprint density at radius 2 is 0.976 bits per heavy atom. The topological polar surface area (TPSA) is 50.5 Å². The molecule has 0 bridgehead atoms. The molecule has 7 rings (SSSR count). The third-order valence-corrected chi connectivity index (χ3v) is 9.33. The van der Waals surface area contributed by atoms with E-state index in [1.54, 1.807) is 0 Å². The molecule has 206 valence electrons. The van der Waals surface area contributed by atoms with Crippen LogP contribution in [0.15, 0.2) is 94.9 Å². The molecular formula is C37H38N4. The Kier molecular flexibility index (Phi) is 5.74. The molecular weight excluding hydrogens is 500 g/mol. The van der Waals surface area contributed by atoms with Crippen molar-refractivity contribution in [3.63, 3.8) is 0 Å². The Morgan fingerprint density at radius 3 is 1.39 bits per heavy atom. The fourth-order valence-corrected chi connectivity index (χ4v) is 7.49. The molecule has 41 heavy (non-hydrogen) atoms. The van der Waals surface area contributed by atoms with Crippen LogP contribution in [-0.2, 0) is 16.2 Å². The number of hydrogen-bond acceptors (Lipinski definition) is 4. The molecule has 4 atom stereocenters. The zero-order valence-corrected chi connectivity index (χ0v) is 24.8. The highest BCUT2D eigenvalue weighted by atomic mass is 15.0. The first-order valence-corrected chi connectivity index (χ1v) is 14.8. The molecule has 0 saturated heterocycles. The molecule has 3 aliphatic rings. The van der Waals surface area contributed by atoms with Crippen LogP contribution in [0, 0.1) is 0 Å². The molecule has 0 N–H and O–H groups in total. The van der Waals surface area contributed by atoms with Gasteiger partial charge in [-0.2, -0.15) is 0 Å². The summed E-state index contributed by atoms with van der Waals surface area (Å²) >= 11 is 0. The number of nitrogens with zero attached hydrogens (tertiary/aromatic N) is 4. The van der Waals surface area contributed by atoms with Gasteiger partial charge in [0.15, 0.2) is 0 Å². The lowest BCUT2D eigenvalue weighted by Crippen LogP contribution is -2.53. The van der Waals surface area contributed by atoms with Gasteiger partial charge in [-0.05, 0) is 46.5 Å². The van der Waals surface area contributed by atoms with Crippen molar-refractivity contribution < 1.29 is 0 Å². The molecule has 4 aromatic rings. The van der Waals surface area contributed by atoms with Gasteiger partial charge in [0.1, 0.15) is 0 Å². The molecule has 3 aliphatic carbocycles. The normalized spacial score (nSPS) is 26.2. The molecule has 0 amide bonds. The van der Waals surface area contributed by atoms with E-state index in [1.807, 2.05) is 12.4 Å². The van der Waals surface area contributed by atoms with Crippen molar-refractivity contribution in [2.45, 2.75) is 81.7 Å². The first-order chi connectivity index (χ1) is 19.6. The molecule has 1 spiro atoms. The molecule has 0 aliphatic heterocycles. The fourth-order valence-electron chi connectivity index (χ4n) is 7.49. The van der Waals surface area contributed by atoms with E-state index in [9.17, 15) is 0 Å². The molecule has 1 fully saturated rings. The van der Waals surface area contributed by atoms with Crippen molar-refractivity contribution >= 4 is 12.4 Å². The van der Waals surface area contributed by atoms with Gasteiger partial charge in [-0.25, -0.2) is 0 Å². The number of pyridine rings is 2. The summed E-state index contributed by atoms with van der Waals surface area (Å²) in [6, 6.07) is 30.4. The van der Waals surface area contributed by atoms with E-state index in [0.29, 0.717) is 0 Å². The number of aromatic nitrogens is 2. The van der Waals surface area contributed by atoms with Gasteiger partial charge < -0.3 is 0 Å². The third-order valence-electron chi connectivity index (χ3n) is 9.33. The Balaban J connectivity index is 1.34. The number of hydrogen-bond donors (Lipinski definition) is 0. The molecule has 2 aromatic heterocycles. The lowest BCUT2D eigenvalue weighted by Gasteiger charge is -2.58. The van der Waals surface area contributed by atoms with Crippen LogP contribution in [0.3, 0.4) is 0 Å². The van der Waals surface area contributed by atoms with Crippen molar-refractivity contribution in [3.8, 4) is 0 Å². The van der Waals surface area contributed by atoms with E-state index in [1.165, 1.54) is 22.3 Å². The fraction of sp³-hybridized carbons (Fsp3) is 0.351. The van der Waals surface area contributed by atoms with E-state index in [2.05, 4.69) is 126 Å². The number of fused-ring (bicyclic) bond motifs is 4. The van der Waals surface area contributed by atoms with Crippen LogP contribution in [0.2, 0.25) is 0 Å². The highest BCUT2D eigenvalue weighted by molar-refractivity contribution is 5.81. The standard InChI is InChI=1S/C37H38N4/c1-35(2,3)29-19-11-13-23(40-29)21-38-33-31-25-15-7-9-17-27(25)37(31)28-18-10-8-16-26(28)32(37)34(33)39-22-24-14-12-20-30(41-24)36(4,5)6/h7-22,31-34H,1-6H3/t31?,32?,33-,34-,37?/m1/s1. The van der Waals surface area contributed by atoms with Crippen molar-refractivity contribution in [2.75, 3.05) is 0 Å². The number of aliphatic imine (C=N–C) groups is 2. The average molecular weight is 539 g/mol. The quantitative estimate of drug-likeness (QED) is 0.252. The second-order valence-electron chi connectivity index (χ2n) is 13.9. The summed E-state index contributed by atoms with van der Waals surface area (Å²) in [5, 5.41) is 0. The van der Waals surface area contributed by atoms with Crippen LogP contribution in [0.1, 0.15) is 98.4 Å². The Bertz CT molecular complexity index is 1570. The van der Waals surface area contributed by atoms with Gasteiger partial charge in [0.05, 0.1) is 23.5 Å². The maximum Gasteiger partial charge on any atom is 0.0811 e. The molecule has 0 radical (unpaired) electrons. The largest absolute Gasteiger partial charge is 0.285 e. The zero-order chi connectivity index (χ0) is 28.6. The van der Waals surface area contributed by atoms with Gasteiger partial charge in [0, 0.05) is 51.9 Å². The smallest absolute Gasteiger partial charge is 0.0811 e. The predicted octanol–water partition coefficient (Wildman–Crippen LogP) is 7.54. The Hall–Kier alpha value is -3.92. The first-order valence-electron chi connectivity index (χ1n) is 14.8. The van der Waals surface area contributed by atoms with Crippen LogP contribution in [0.5, 0.6) is 0 Å². The van der Waals surface area contributed by atoms with E-state index in [-0.39, 0.29) is 40.2 Å². The van der Waals surface area contributed by atoms with E-state index < -0.39 is 0 Å². The van der Waals surface area contributed by atoms with Crippen molar-refractivity contribution in [3.05, 3.63) is 130 Å². The molecule has 1 saturated carbocycles. The highest BCUT2D eigenvalue weighted by Gasteiger charge is 2.74. The second-order valence-corrected chi connectivity index (χ2v) is 13.9. The van der Waals surface area contributed by atoms with Gasteiger partial charge in [-0.1, -0.05) is 102 Å². The summed E-state index contributed by atoms with van der Waals surface area (Å²) in [4.78, 5) is 20.6. The summed E-state index contributed by atoms with van der Waals surface area (Å²) in [7, 11) is 0. The van der Waals surface area contributed by atoms with Crippen LogP contribution >= 0.6 is 0 Å². The van der Waals surface area contributed by atoms with Crippen molar-refractivity contribution in [1.29, 1.82) is 0 Å². The number of benzene rings is 2. The van der Waals surface area contributed by atoms with Crippen LogP contribution in [0.25, 0.3) is 0 Å². The monoisotopic (exact) mass is 538 g/mol. The van der Waals surface area contributed by atoms with Crippen molar-refractivity contribution in [2.24, 2.45) is 9.98 Å². The summed E-state index contributed by atoms with van der Waals surface area (Å²) in [5.74, 6) is 0.577. The van der Waals surface area contributed by atoms with E-state index in [0.717, 1.165) is 22.8 Å². The SMILES string of the molecule is CC(C)(C)c1cccc(C=N[C@@H]2C3c4ccccc4C34c3ccccc3C4[C@H]2N=Cc2cccc(C(C)(C)C)n2)n1. The molecule has 2 aromatic carbocycles. The zero-order valence-electron chi connectivity index (χ0n) is 24.8. The first kappa shape index (κ1) is 26.0. The minimum atomic E-state index is -0.0292. The van der Waals surface area contributed by atoms with Crippen LogP contribution in [0.4, 0.5) is 0 Å². The van der Waals surface area contributed by atoms with Gasteiger partial charge in [0.25, 0.3) is 0 Å². The highest BCUT2D eigenvalue weighted by Crippen LogP contribution is 2.76. The summed E-state index contributed by atoms with van der Waals surface area (Å²) in [5.41, 5.74) is 9.61. The van der Waals surface area contributed by atoms with E-state index in [4.69, 9.17) is 20.0 Å². The lowest BCUT2D eigenvalue weighted by molar-refractivity contribution is 0.305. The average Bonchev–Trinajstić information content (AvgIpc) is 3.14.